The average Bonchev–Trinajstić information content (AvgIpc) is 2.39. The molecule has 22 heavy (non-hydrogen) atoms. The number of rotatable bonds is 4. The normalized spacial score (nSPS) is 12.5. The molecule has 1 aromatic rings. The largest absolute Gasteiger partial charge is 0.467 e. The van der Waals surface area contributed by atoms with Crippen molar-refractivity contribution < 1.29 is 19.1 Å². The standard InChI is InChI=1S/C15H19ClINO4/c1-15(2,3)22-14(20)18-12(13(19)21-4)8-9-5-6-11(17)10(16)7-9/h5-7,12H,8H2,1-4H3,(H,18,20)/t12-/m0/s1. The Balaban J connectivity index is 2.82. The highest BCUT2D eigenvalue weighted by atomic mass is 127. The monoisotopic (exact) mass is 439 g/mol. The number of nitrogens with one attached hydrogen (secondary N) is 1. The minimum atomic E-state index is -0.837. The molecule has 0 aliphatic carbocycles. The second-order valence-corrected chi connectivity index (χ2v) is 7.24. The van der Waals surface area contributed by atoms with Gasteiger partial charge in [0.25, 0.3) is 0 Å². The number of hydrogen-bond donors (Lipinski definition) is 1. The zero-order valence-electron chi connectivity index (χ0n) is 12.9. The van der Waals surface area contributed by atoms with E-state index < -0.39 is 23.7 Å². The van der Waals surface area contributed by atoms with Crippen LogP contribution in [-0.4, -0.2) is 30.8 Å². The van der Waals surface area contributed by atoms with Gasteiger partial charge in [-0.15, -0.1) is 0 Å². The van der Waals surface area contributed by atoms with Gasteiger partial charge in [0.05, 0.1) is 12.1 Å². The molecule has 0 saturated carbocycles. The Morgan fingerprint density at radius 3 is 2.50 bits per heavy atom. The van der Waals surface area contributed by atoms with Gasteiger partial charge in [-0.25, -0.2) is 9.59 Å². The molecule has 1 N–H and O–H groups in total. The Morgan fingerprint density at radius 1 is 1.36 bits per heavy atom. The first-order valence-corrected chi connectivity index (χ1v) is 8.09. The molecule has 0 saturated heterocycles. The van der Waals surface area contributed by atoms with E-state index in [-0.39, 0.29) is 6.42 Å². The van der Waals surface area contributed by atoms with Crippen LogP contribution in [-0.2, 0) is 20.7 Å². The molecule has 1 atom stereocenters. The second kappa shape index (κ2) is 8.01. The molecule has 7 heteroatoms. The number of methoxy groups -OCH3 is 1. The maximum atomic E-state index is 11.8. The Morgan fingerprint density at radius 2 is 2.00 bits per heavy atom. The lowest BCUT2D eigenvalue weighted by Gasteiger charge is -2.22. The van der Waals surface area contributed by atoms with Crippen molar-refractivity contribution in [3.63, 3.8) is 0 Å². The summed E-state index contributed by atoms with van der Waals surface area (Å²) in [7, 11) is 1.27. The molecule has 0 heterocycles. The van der Waals surface area contributed by atoms with Crippen LogP contribution in [0.1, 0.15) is 26.3 Å². The predicted molar refractivity (Wildman–Crippen MR) is 93.0 cm³/mol. The molecule has 0 aliphatic heterocycles. The van der Waals surface area contributed by atoms with Gasteiger partial charge in [-0.2, -0.15) is 0 Å². The fraction of sp³-hybridized carbons (Fsp3) is 0.467. The Labute approximate surface area is 148 Å². The van der Waals surface area contributed by atoms with Crippen LogP contribution < -0.4 is 5.32 Å². The maximum Gasteiger partial charge on any atom is 0.408 e. The van der Waals surface area contributed by atoms with Crippen molar-refractivity contribution in [1.82, 2.24) is 5.32 Å². The quantitative estimate of drug-likeness (QED) is 0.576. The molecule has 0 unspecified atom stereocenters. The lowest BCUT2D eigenvalue weighted by molar-refractivity contribution is -0.143. The molecule has 1 rings (SSSR count). The number of amides is 1. The van der Waals surface area contributed by atoms with Gasteiger partial charge >= 0.3 is 12.1 Å². The van der Waals surface area contributed by atoms with E-state index in [1.165, 1.54) is 7.11 Å². The minimum absolute atomic E-state index is 0.266. The first-order chi connectivity index (χ1) is 10.1. The highest BCUT2D eigenvalue weighted by molar-refractivity contribution is 14.1. The van der Waals surface area contributed by atoms with Crippen LogP contribution in [0.25, 0.3) is 0 Å². The number of carbonyl (C=O) groups excluding carboxylic acids is 2. The molecule has 0 bridgehead atoms. The van der Waals surface area contributed by atoms with Crippen molar-refractivity contribution in [3.8, 4) is 0 Å². The summed E-state index contributed by atoms with van der Waals surface area (Å²) in [5, 5.41) is 3.12. The molecule has 5 nitrogen and oxygen atoms in total. The first kappa shape index (κ1) is 19.0. The van der Waals surface area contributed by atoms with Crippen molar-refractivity contribution in [2.45, 2.75) is 38.8 Å². The molecule has 1 aromatic carbocycles. The third kappa shape index (κ3) is 6.39. The summed E-state index contributed by atoms with van der Waals surface area (Å²) in [4.78, 5) is 23.7. The van der Waals surface area contributed by atoms with E-state index >= 15 is 0 Å². The fourth-order valence-corrected chi connectivity index (χ4v) is 2.23. The summed E-state index contributed by atoms with van der Waals surface area (Å²) >= 11 is 8.18. The van der Waals surface area contributed by atoms with E-state index in [2.05, 4.69) is 27.9 Å². The number of ether oxygens (including phenoxy) is 2. The van der Waals surface area contributed by atoms with Crippen molar-refractivity contribution in [1.29, 1.82) is 0 Å². The molecule has 0 spiro atoms. The van der Waals surface area contributed by atoms with Crippen LogP contribution >= 0.6 is 34.2 Å². The van der Waals surface area contributed by atoms with Crippen LogP contribution in [0, 0.1) is 3.57 Å². The van der Waals surface area contributed by atoms with Crippen LogP contribution in [0.2, 0.25) is 5.02 Å². The zero-order valence-corrected chi connectivity index (χ0v) is 15.8. The number of hydrogen-bond acceptors (Lipinski definition) is 4. The van der Waals surface area contributed by atoms with Crippen molar-refractivity contribution in [2.24, 2.45) is 0 Å². The van der Waals surface area contributed by atoms with Gasteiger partial charge in [0, 0.05) is 9.99 Å². The van der Waals surface area contributed by atoms with E-state index in [1.54, 1.807) is 26.8 Å². The van der Waals surface area contributed by atoms with E-state index in [4.69, 9.17) is 21.1 Å². The van der Waals surface area contributed by atoms with Gasteiger partial charge in [-0.3, -0.25) is 0 Å². The second-order valence-electron chi connectivity index (χ2n) is 5.67. The fourth-order valence-electron chi connectivity index (χ4n) is 1.69. The van der Waals surface area contributed by atoms with Crippen LogP contribution in [0.4, 0.5) is 4.79 Å². The third-order valence-electron chi connectivity index (χ3n) is 2.60. The van der Waals surface area contributed by atoms with Crippen LogP contribution in [0.15, 0.2) is 18.2 Å². The lowest BCUT2D eigenvalue weighted by Crippen LogP contribution is -2.45. The Kier molecular flexibility index (Phi) is 6.93. The Hall–Kier alpha value is -1.02. The van der Waals surface area contributed by atoms with E-state index in [1.807, 2.05) is 12.1 Å². The minimum Gasteiger partial charge on any atom is -0.467 e. The third-order valence-corrected chi connectivity index (χ3v) is 4.17. The van der Waals surface area contributed by atoms with Gasteiger partial charge in [0.2, 0.25) is 0 Å². The topological polar surface area (TPSA) is 64.6 Å². The van der Waals surface area contributed by atoms with Gasteiger partial charge in [0.15, 0.2) is 0 Å². The van der Waals surface area contributed by atoms with E-state index in [0.717, 1.165) is 9.13 Å². The molecule has 0 radical (unpaired) electrons. The highest BCUT2D eigenvalue weighted by Crippen LogP contribution is 2.20. The smallest absolute Gasteiger partial charge is 0.408 e. The number of carbonyl (C=O) groups is 2. The van der Waals surface area contributed by atoms with Crippen molar-refractivity contribution in [3.05, 3.63) is 32.4 Å². The Bertz CT molecular complexity index is 557. The summed E-state index contributed by atoms with van der Waals surface area (Å²) in [6, 6.07) is 4.62. The summed E-state index contributed by atoms with van der Waals surface area (Å²) in [5.74, 6) is -0.541. The number of halogens is 2. The van der Waals surface area contributed by atoms with Crippen molar-refractivity contribution >= 4 is 46.3 Å². The predicted octanol–water partition coefficient (Wildman–Crippen LogP) is 3.55. The number of alkyl carbamates (subject to hydrolysis) is 1. The zero-order chi connectivity index (χ0) is 16.9. The van der Waals surface area contributed by atoms with E-state index in [0.29, 0.717) is 5.02 Å². The van der Waals surface area contributed by atoms with Gasteiger partial charge in [-0.05, 0) is 61.1 Å². The lowest BCUT2D eigenvalue weighted by atomic mass is 10.1. The van der Waals surface area contributed by atoms with Gasteiger partial charge < -0.3 is 14.8 Å². The van der Waals surface area contributed by atoms with Gasteiger partial charge in [-0.1, -0.05) is 17.7 Å². The first-order valence-electron chi connectivity index (χ1n) is 6.63. The molecule has 122 valence electrons. The van der Waals surface area contributed by atoms with E-state index in [9.17, 15) is 9.59 Å². The van der Waals surface area contributed by atoms with Crippen LogP contribution in [0.5, 0.6) is 0 Å². The van der Waals surface area contributed by atoms with Crippen LogP contribution in [0.3, 0.4) is 0 Å². The maximum absolute atomic E-state index is 11.8. The highest BCUT2D eigenvalue weighted by Gasteiger charge is 2.25. The molecule has 0 aromatic heterocycles. The van der Waals surface area contributed by atoms with Gasteiger partial charge in [0.1, 0.15) is 11.6 Å². The summed E-state index contributed by atoms with van der Waals surface area (Å²) < 4.78 is 10.8. The molecule has 1 amide bonds. The molecule has 0 fully saturated rings. The number of esters is 1. The van der Waals surface area contributed by atoms with Crippen molar-refractivity contribution in [2.75, 3.05) is 7.11 Å². The summed E-state index contributed by atoms with van der Waals surface area (Å²) in [5.41, 5.74) is 0.175. The molecule has 0 aliphatic rings. The number of benzene rings is 1. The molecular formula is C15H19ClINO4. The average molecular weight is 440 g/mol. The summed E-state index contributed by atoms with van der Waals surface area (Å²) in [6.45, 7) is 5.25. The summed E-state index contributed by atoms with van der Waals surface area (Å²) in [6.07, 6.45) is -0.401. The SMILES string of the molecule is COC(=O)[C@H](Cc1ccc(I)c(Cl)c1)NC(=O)OC(C)(C)C. The molecular weight excluding hydrogens is 421 g/mol.